The highest BCUT2D eigenvalue weighted by Crippen LogP contribution is 1.94. The van der Waals surface area contributed by atoms with Crippen molar-refractivity contribution in [3.63, 3.8) is 0 Å². The number of aromatic nitrogens is 2. The Hall–Kier alpha value is -0.700. The van der Waals surface area contributed by atoms with Crippen LogP contribution in [0.25, 0.3) is 0 Å². The van der Waals surface area contributed by atoms with Crippen LogP contribution in [0.4, 0.5) is 0 Å². The Labute approximate surface area is 76.6 Å². The number of rotatable bonds is 4. The number of aryl methyl sites for hydroxylation is 2. The highest BCUT2D eigenvalue weighted by molar-refractivity contribution is 6.17. The Morgan fingerprint density at radius 2 is 2.17 bits per heavy atom. The zero-order valence-corrected chi connectivity index (χ0v) is 7.92. The number of alkyl halides is 1. The molecule has 0 amide bonds. The lowest BCUT2D eigenvalue weighted by molar-refractivity contribution is 0.603. The molecule has 0 bridgehead atoms. The maximum Gasteiger partial charge on any atom is 0.327 e. The van der Waals surface area contributed by atoms with E-state index in [0.717, 1.165) is 19.4 Å². The van der Waals surface area contributed by atoms with Crippen molar-refractivity contribution in [2.75, 3.05) is 5.88 Å². The first kappa shape index (κ1) is 9.39. The summed E-state index contributed by atoms with van der Waals surface area (Å²) < 4.78 is 3.27. The second kappa shape index (κ2) is 4.36. The minimum atomic E-state index is 0.0459. The Morgan fingerprint density at radius 3 is 2.67 bits per heavy atom. The molecule has 0 spiro atoms. The fourth-order valence-electron chi connectivity index (χ4n) is 1.06. The molecule has 0 aromatic carbocycles. The first-order chi connectivity index (χ1) is 5.75. The van der Waals surface area contributed by atoms with E-state index in [2.05, 4.69) is 0 Å². The summed E-state index contributed by atoms with van der Waals surface area (Å²) in [5.74, 6) is 0.668. The van der Waals surface area contributed by atoms with Crippen LogP contribution in [0.15, 0.2) is 17.2 Å². The zero-order valence-electron chi connectivity index (χ0n) is 7.16. The summed E-state index contributed by atoms with van der Waals surface area (Å²) in [5.41, 5.74) is 0.0459. The normalized spacial score (nSPS) is 10.5. The van der Waals surface area contributed by atoms with Crippen LogP contribution in [-0.4, -0.2) is 15.0 Å². The predicted molar refractivity (Wildman–Crippen MR) is 49.6 cm³/mol. The maximum atomic E-state index is 11.3. The maximum absolute atomic E-state index is 11.3. The molecular formula is C8H13ClN2O. The summed E-state index contributed by atoms with van der Waals surface area (Å²) in [6.45, 7) is 0.770. The lowest BCUT2D eigenvalue weighted by Gasteiger charge is -1.98. The number of nitrogens with zero attached hydrogens (tertiary/aromatic N) is 2. The molecule has 0 radical (unpaired) electrons. The van der Waals surface area contributed by atoms with E-state index in [1.54, 1.807) is 28.6 Å². The van der Waals surface area contributed by atoms with Gasteiger partial charge in [0.25, 0.3) is 0 Å². The monoisotopic (exact) mass is 188 g/mol. The van der Waals surface area contributed by atoms with E-state index in [9.17, 15) is 4.79 Å². The summed E-state index contributed by atoms with van der Waals surface area (Å²) in [7, 11) is 1.75. The fraction of sp³-hybridized carbons (Fsp3) is 0.625. The number of hydrogen-bond acceptors (Lipinski definition) is 1. The van der Waals surface area contributed by atoms with Gasteiger partial charge in [0.2, 0.25) is 0 Å². The zero-order chi connectivity index (χ0) is 8.97. The van der Waals surface area contributed by atoms with Gasteiger partial charge in [-0.2, -0.15) is 0 Å². The average molecular weight is 189 g/mol. The summed E-state index contributed by atoms with van der Waals surface area (Å²) in [6.07, 6.45) is 5.50. The van der Waals surface area contributed by atoms with E-state index >= 15 is 0 Å². The van der Waals surface area contributed by atoms with Crippen LogP contribution < -0.4 is 5.69 Å². The van der Waals surface area contributed by atoms with Gasteiger partial charge in [-0.3, -0.25) is 4.57 Å². The lowest BCUT2D eigenvalue weighted by Crippen LogP contribution is -2.21. The van der Waals surface area contributed by atoms with Gasteiger partial charge in [-0.1, -0.05) is 0 Å². The van der Waals surface area contributed by atoms with Crippen molar-refractivity contribution in [2.45, 2.75) is 19.4 Å². The molecule has 0 fully saturated rings. The lowest BCUT2D eigenvalue weighted by atomic mass is 10.3. The van der Waals surface area contributed by atoms with Crippen LogP contribution in [0.5, 0.6) is 0 Å². The Balaban J connectivity index is 2.52. The van der Waals surface area contributed by atoms with E-state index in [0.29, 0.717) is 5.88 Å². The molecule has 0 aliphatic heterocycles. The topological polar surface area (TPSA) is 26.9 Å². The van der Waals surface area contributed by atoms with Crippen LogP contribution >= 0.6 is 11.6 Å². The van der Waals surface area contributed by atoms with E-state index < -0.39 is 0 Å². The molecule has 1 rings (SSSR count). The number of imidazole rings is 1. The first-order valence-corrected chi connectivity index (χ1v) is 4.57. The van der Waals surface area contributed by atoms with Gasteiger partial charge in [-0.05, 0) is 12.8 Å². The van der Waals surface area contributed by atoms with Crippen molar-refractivity contribution in [1.29, 1.82) is 0 Å². The quantitative estimate of drug-likeness (QED) is 0.516. The molecule has 1 aromatic rings. The number of unbranched alkanes of at least 4 members (excludes halogenated alkanes) is 1. The third-order valence-electron chi connectivity index (χ3n) is 1.80. The van der Waals surface area contributed by atoms with E-state index in [-0.39, 0.29) is 5.69 Å². The molecule has 0 saturated heterocycles. The van der Waals surface area contributed by atoms with Gasteiger partial charge in [0, 0.05) is 31.9 Å². The van der Waals surface area contributed by atoms with Crippen molar-refractivity contribution in [1.82, 2.24) is 9.13 Å². The minimum absolute atomic E-state index is 0.0459. The van der Waals surface area contributed by atoms with E-state index in [4.69, 9.17) is 11.6 Å². The van der Waals surface area contributed by atoms with Gasteiger partial charge in [0.05, 0.1) is 0 Å². The van der Waals surface area contributed by atoms with Gasteiger partial charge in [0.15, 0.2) is 0 Å². The van der Waals surface area contributed by atoms with Crippen molar-refractivity contribution in [2.24, 2.45) is 7.05 Å². The SMILES string of the molecule is Cn1ccn(CCCCCl)c1=O. The number of hydrogen-bond donors (Lipinski definition) is 0. The molecule has 0 atom stereocenters. The molecule has 0 unspecified atom stereocenters. The molecular weight excluding hydrogens is 176 g/mol. The van der Waals surface area contributed by atoms with Gasteiger partial charge in [-0.25, -0.2) is 4.79 Å². The Kier molecular flexibility index (Phi) is 3.41. The van der Waals surface area contributed by atoms with Crippen LogP contribution in [0.2, 0.25) is 0 Å². The third-order valence-corrected chi connectivity index (χ3v) is 2.07. The molecule has 0 saturated carbocycles. The largest absolute Gasteiger partial charge is 0.327 e. The third kappa shape index (κ3) is 2.14. The molecule has 4 heteroatoms. The average Bonchev–Trinajstić information content (AvgIpc) is 2.36. The minimum Gasteiger partial charge on any atom is -0.302 e. The van der Waals surface area contributed by atoms with Crippen LogP contribution in [-0.2, 0) is 13.6 Å². The van der Waals surface area contributed by atoms with Crippen molar-refractivity contribution >= 4 is 11.6 Å². The fourth-order valence-corrected chi connectivity index (χ4v) is 1.25. The second-order valence-corrected chi connectivity index (χ2v) is 3.16. The highest BCUT2D eigenvalue weighted by atomic mass is 35.5. The van der Waals surface area contributed by atoms with Crippen molar-refractivity contribution < 1.29 is 0 Å². The first-order valence-electron chi connectivity index (χ1n) is 4.03. The Morgan fingerprint density at radius 1 is 1.42 bits per heavy atom. The summed E-state index contributed by atoms with van der Waals surface area (Å²) >= 11 is 5.52. The van der Waals surface area contributed by atoms with Gasteiger partial charge < -0.3 is 4.57 Å². The summed E-state index contributed by atoms with van der Waals surface area (Å²) in [4.78, 5) is 11.3. The van der Waals surface area contributed by atoms with Crippen molar-refractivity contribution in [3.8, 4) is 0 Å². The van der Waals surface area contributed by atoms with Crippen molar-refractivity contribution in [3.05, 3.63) is 22.9 Å². The molecule has 0 aliphatic carbocycles. The summed E-state index contributed by atoms with van der Waals surface area (Å²) in [5, 5.41) is 0. The summed E-state index contributed by atoms with van der Waals surface area (Å²) in [6, 6.07) is 0. The van der Waals surface area contributed by atoms with Gasteiger partial charge in [0.1, 0.15) is 0 Å². The van der Waals surface area contributed by atoms with Gasteiger partial charge >= 0.3 is 5.69 Å². The molecule has 3 nitrogen and oxygen atoms in total. The molecule has 0 aliphatic rings. The molecule has 12 heavy (non-hydrogen) atoms. The van der Waals surface area contributed by atoms with Crippen LogP contribution in [0.3, 0.4) is 0 Å². The molecule has 1 heterocycles. The Bertz CT molecular complexity index is 289. The molecule has 1 aromatic heterocycles. The number of halogens is 1. The predicted octanol–water partition coefficient (Wildman–Crippen LogP) is 1.21. The standard InChI is InChI=1S/C8H13ClN2O/c1-10-6-7-11(8(10)12)5-3-2-4-9/h6-7H,2-5H2,1H3. The van der Waals surface area contributed by atoms with E-state index in [1.807, 2.05) is 0 Å². The van der Waals surface area contributed by atoms with E-state index in [1.165, 1.54) is 0 Å². The van der Waals surface area contributed by atoms with Gasteiger partial charge in [-0.15, -0.1) is 11.6 Å². The molecule has 68 valence electrons. The smallest absolute Gasteiger partial charge is 0.302 e. The second-order valence-electron chi connectivity index (χ2n) is 2.78. The highest BCUT2D eigenvalue weighted by Gasteiger charge is 1.97. The van der Waals surface area contributed by atoms with Crippen LogP contribution in [0, 0.1) is 0 Å². The van der Waals surface area contributed by atoms with Crippen LogP contribution in [0.1, 0.15) is 12.8 Å². The molecule has 0 N–H and O–H groups in total.